The molecule has 0 spiro atoms. The molecule has 1 amide bonds. The van der Waals surface area contributed by atoms with Crippen molar-refractivity contribution in [3.8, 4) is 16.9 Å². The number of hydrogen-bond acceptors (Lipinski definition) is 3. The number of nitrogens with one attached hydrogen (secondary N) is 2. The van der Waals surface area contributed by atoms with Crippen LogP contribution in [0.4, 0.5) is 0 Å². The average Bonchev–Trinajstić information content (AvgIpc) is 3.10. The fourth-order valence-corrected chi connectivity index (χ4v) is 3.10. The summed E-state index contributed by atoms with van der Waals surface area (Å²) < 4.78 is 5.64. The van der Waals surface area contributed by atoms with E-state index >= 15 is 0 Å². The van der Waals surface area contributed by atoms with Crippen LogP contribution in [0, 0.1) is 5.92 Å². The SMILES string of the molecule is C[C@H]1CCCC[C@@H]1NC(=O)COc1cccc(-c2cn[nH]c2)c1. The number of H-pyrrole nitrogens is 1. The third-order valence-corrected chi connectivity index (χ3v) is 4.49. The van der Waals surface area contributed by atoms with E-state index in [2.05, 4.69) is 22.4 Å². The Balaban J connectivity index is 1.54. The number of carbonyl (C=O) groups is 1. The summed E-state index contributed by atoms with van der Waals surface area (Å²) in [5.74, 6) is 1.20. The van der Waals surface area contributed by atoms with E-state index in [0.29, 0.717) is 11.7 Å². The maximum atomic E-state index is 12.1. The summed E-state index contributed by atoms with van der Waals surface area (Å²) in [7, 11) is 0. The lowest BCUT2D eigenvalue weighted by Gasteiger charge is -2.29. The number of amides is 1. The minimum Gasteiger partial charge on any atom is -0.484 e. The third kappa shape index (κ3) is 4.12. The Morgan fingerprint density at radius 1 is 1.35 bits per heavy atom. The lowest BCUT2D eigenvalue weighted by Crippen LogP contribution is -2.43. The highest BCUT2D eigenvalue weighted by Crippen LogP contribution is 2.24. The summed E-state index contributed by atoms with van der Waals surface area (Å²) in [5, 5.41) is 9.84. The molecule has 3 rings (SSSR count). The highest BCUT2D eigenvalue weighted by molar-refractivity contribution is 5.78. The molecule has 0 aliphatic heterocycles. The van der Waals surface area contributed by atoms with Crippen LogP contribution >= 0.6 is 0 Å². The Kier molecular flexibility index (Phi) is 4.95. The molecule has 0 bridgehead atoms. The lowest BCUT2D eigenvalue weighted by atomic mass is 9.86. The molecule has 1 aromatic heterocycles. The largest absolute Gasteiger partial charge is 0.484 e. The Morgan fingerprint density at radius 2 is 2.22 bits per heavy atom. The van der Waals surface area contributed by atoms with Crippen LogP contribution in [0.1, 0.15) is 32.6 Å². The lowest BCUT2D eigenvalue weighted by molar-refractivity contribution is -0.124. The summed E-state index contributed by atoms with van der Waals surface area (Å²) in [5.41, 5.74) is 2.01. The van der Waals surface area contributed by atoms with Crippen molar-refractivity contribution in [1.82, 2.24) is 15.5 Å². The molecule has 2 aromatic rings. The summed E-state index contributed by atoms with van der Waals surface area (Å²) in [6.45, 7) is 2.26. The summed E-state index contributed by atoms with van der Waals surface area (Å²) in [6.07, 6.45) is 8.32. The maximum absolute atomic E-state index is 12.1. The minimum absolute atomic E-state index is 0.0440. The predicted octanol–water partition coefficient (Wildman–Crippen LogP) is 3.15. The minimum atomic E-state index is -0.0440. The molecule has 2 atom stereocenters. The molecular formula is C18H23N3O2. The molecule has 1 heterocycles. The molecule has 23 heavy (non-hydrogen) atoms. The van der Waals surface area contributed by atoms with Crippen molar-refractivity contribution < 1.29 is 9.53 Å². The Labute approximate surface area is 136 Å². The molecule has 1 aliphatic carbocycles. The topological polar surface area (TPSA) is 67.0 Å². The van der Waals surface area contributed by atoms with Gasteiger partial charge in [0.05, 0.1) is 6.20 Å². The van der Waals surface area contributed by atoms with Gasteiger partial charge in [0.15, 0.2) is 6.61 Å². The van der Waals surface area contributed by atoms with Crippen LogP contribution in [-0.2, 0) is 4.79 Å². The van der Waals surface area contributed by atoms with E-state index in [4.69, 9.17) is 4.74 Å². The molecule has 122 valence electrons. The number of carbonyl (C=O) groups excluding carboxylic acids is 1. The molecule has 2 N–H and O–H groups in total. The van der Waals surface area contributed by atoms with E-state index in [9.17, 15) is 4.79 Å². The summed E-state index contributed by atoms with van der Waals surface area (Å²) >= 11 is 0. The molecule has 5 nitrogen and oxygen atoms in total. The second-order valence-corrected chi connectivity index (χ2v) is 6.24. The average molecular weight is 313 g/mol. The third-order valence-electron chi connectivity index (χ3n) is 4.49. The molecule has 1 fully saturated rings. The second-order valence-electron chi connectivity index (χ2n) is 6.24. The van der Waals surface area contributed by atoms with Gasteiger partial charge < -0.3 is 10.1 Å². The number of hydrogen-bond donors (Lipinski definition) is 2. The quantitative estimate of drug-likeness (QED) is 0.891. The van der Waals surface area contributed by atoms with Crippen molar-refractivity contribution in [3.05, 3.63) is 36.7 Å². The number of ether oxygens (including phenoxy) is 1. The van der Waals surface area contributed by atoms with Gasteiger partial charge in [0.1, 0.15) is 5.75 Å². The highest BCUT2D eigenvalue weighted by atomic mass is 16.5. The van der Waals surface area contributed by atoms with Gasteiger partial charge in [0, 0.05) is 17.8 Å². The molecule has 1 aliphatic rings. The number of rotatable bonds is 5. The molecule has 0 radical (unpaired) electrons. The summed E-state index contributed by atoms with van der Waals surface area (Å²) in [6, 6.07) is 7.97. The highest BCUT2D eigenvalue weighted by Gasteiger charge is 2.22. The van der Waals surface area contributed by atoms with E-state index in [1.54, 1.807) is 6.20 Å². The van der Waals surface area contributed by atoms with Gasteiger partial charge in [-0.05, 0) is 36.5 Å². The Hall–Kier alpha value is -2.30. The number of benzene rings is 1. The zero-order chi connectivity index (χ0) is 16.1. The van der Waals surface area contributed by atoms with Gasteiger partial charge in [-0.25, -0.2) is 0 Å². The van der Waals surface area contributed by atoms with Crippen LogP contribution < -0.4 is 10.1 Å². The number of nitrogens with zero attached hydrogens (tertiary/aromatic N) is 1. The normalized spacial score (nSPS) is 20.9. The van der Waals surface area contributed by atoms with Gasteiger partial charge in [-0.3, -0.25) is 9.89 Å². The monoisotopic (exact) mass is 313 g/mol. The Morgan fingerprint density at radius 3 is 3.00 bits per heavy atom. The van der Waals surface area contributed by atoms with Crippen LogP contribution in [0.3, 0.4) is 0 Å². The zero-order valence-corrected chi connectivity index (χ0v) is 13.4. The van der Waals surface area contributed by atoms with Gasteiger partial charge in [-0.2, -0.15) is 5.10 Å². The first-order valence-corrected chi connectivity index (χ1v) is 8.24. The van der Waals surface area contributed by atoms with Crippen molar-refractivity contribution in [2.24, 2.45) is 5.92 Å². The van der Waals surface area contributed by atoms with Gasteiger partial charge >= 0.3 is 0 Å². The van der Waals surface area contributed by atoms with Crippen molar-refractivity contribution >= 4 is 5.91 Å². The predicted molar refractivity (Wildman–Crippen MR) is 89.1 cm³/mol. The second kappa shape index (κ2) is 7.31. The molecule has 1 aromatic carbocycles. The van der Waals surface area contributed by atoms with Crippen LogP contribution in [0.25, 0.3) is 11.1 Å². The standard InChI is InChI=1S/C18H23N3O2/c1-13-5-2-3-8-17(13)21-18(22)12-23-16-7-4-6-14(9-16)15-10-19-20-11-15/h4,6-7,9-11,13,17H,2-3,5,8,12H2,1H3,(H,19,20)(H,21,22)/t13-,17-/m0/s1. The van der Waals surface area contributed by atoms with Crippen molar-refractivity contribution in [2.75, 3.05) is 6.61 Å². The summed E-state index contributed by atoms with van der Waals surface area (Å²) in [4.78, 5) is 12.1. The van der Waals surface area contributed by atoms with E-state index in [1.807, 2.05) is 30.5 Å². The van der Waals surface area contributed by atoms with Crippen LogP contribution in [-0.4, -0.2) is 28.8 Å². The van der Waals surface area contributed by atoms with Gasteiger partial charge in [-0.1, -0.05) is 31.9 Å². The molecule has 0 unspecified atom stereocenters. The first-order chi connectivity index (χ1) is 11.2. The van der Waals surface area contributed by atoms with Crippen LogP contribution in [0.15, 0.2) is 36.7 Å². The van der Waals surface area contributed by atoms with E-state index in [1.165, 1.54) is 19.3 Å². The van der Waals surface area contributed by atoms with Gasteiger partial charge in [0.2, 0.25) is 0 Å². The van der Waals surface area contributed by atoms with Gasteiger partial charge in [0.25, 0.3) is 5.91 Å². The molecule has 5 heteroatoms. The van der Waals surface area contributed by atoms with E-state index < -0.39 is 0 Å². The molecule has 0 saturated heterocycles. The first kappa shape index (κ1) is 15.6. The van der Waals surface area contributed by atoms with E-state index in [0.717, 1.165) is 17.5 Å². The van der Waals surface area contributed by atoms with E-state index in [-0.39, 0.29) is 18.6 Å². The van der Waals surface area contributed by atoms with Gasteiger partial charge in [-0.15, -0.1) is 0 Å². The zero-order valence-electron chi connectivity index (χ0n) is 13.4. The van der Waals surface area contributed by atoms with Crippen molar-refractivity contribution in [1.29, 1.82) is 0 Å². The Bertz CT molecular complexity index is 639. The number of aromatic nitrogens is 2. The maximum Gasteiger partial charge on any atom is 0.258 e. The fourth-order valence-electron chi connectivity index (χ4n) is 3.10. The fraction of sp³-hybridized carbons (Fsp3) is 0.444. The molecule has 1 saturated carbocycles. The first-order valence-electron chi connectivity index (χ1n) is 8.24. The van der Waals surface area contributed by atoms with Crippen LogP contribution in [0.5, 0.6) is 5.75 Å². The van der Waals surface area contributed by atoms with Crippen molar-refractivity contribution in [2.45, 2.75) is 38.6 Å². The van der Waals surface area contributed by atoms with Crippen LogP contribution in [0.2, 0.25) is 0 Å². The molecular weight excluding hydrogens is 290 g/mol. The number of aromatic amines is 1. The smallest absolute Gasteiger partial charge is 0.258 e. The van der Waals surface area contributed by atoms with Crippen molar-refractivity contribution in [3.63, 3.8) is 0 Å².